The molecule has 0 aliphatic rings. The number of methoxy groups -OCH3 is 2. The molecule has 2 aromatic rings. The van der Waals surface area contributed by atoms with Gasteiger partial charge in [0.2, 0.25) is 0 Å². The molecule has 0 spiro atoms. The molecule has 146 valence electrons. The van der Waals surface area contributed by atoms with Crippen LogP contribution in [0.5, 0.6) is 11.5 Å². The fourth-order valence-electron chi connectivity index (χ4n) is 2.53. The van der Waals surface area contributed by atoms with Gasteiger partial charge in [-0.2, -0.15) is 0 Å². The molecule has 0 aliphatic heterocycles. The van der Waals surface area contributed by atoms with E-state index in [1.165, 1.54) is 0 Å². The van der Waals surface area contributed by atoms with Gasteiger partial charge in [-0.15, -0.1) is 0 Å². The van der Waals surface area contributed by atoms with Gasteiger partial charge in [-0.1, -0.05) is 18.2 Å². The molecule has 0 aromatic heterocycles. The monoisotopic (exact) mass is 371 g/mol. The Hall–Kier alpha value is -2.73. The van der Waals surface area contributed by atoms with Gasteiger partial charge in [0, 0.05) is 45.5 Å². The summed E-state index contributed by atoms with van der Waals surface area (Å²) in [5, 5.41) is 6.59. The van der Waals surface area contributed by atoms with Crippen molar-refractivity contribution in [1.29, 1.82) is 0 Å². The Bertz CT molecular complexity index is 747. The zero-order chi connectivity index (χ0) is 19.5. The number of anilines is 1. The number of rotatable bonds is 9. The number of hydrogen-bond acceptors (Lipinski definition) is 4. The molecule has 6 nitrogen and oxygen atoms in total. The van der Waals surface area contributed by atoms with E-state index in [0.29, 0.717) is 25.7 Å². The van der Waals surface area contributed by atoms with Crippen molar-refractivity contribution in [3.8, 4) is 11.5 Å². The van der Waals surface area contributed by atoms with Gasteiger partial charge in [0.05, 0.1) is 13.7 Å². The Kier molecular flexibility index (Phi) is 8.45. The van der Waals surface area contributed by atoms with E-state index in [1.54, 1.807) is 21.3 Å². The van der Waals surface area contributed by atoms with Crippen molar-refractivity contribution in [1.82, 2.24) is 5.32 Å². The first-order valence-corrected chi connectivity index (χ1v) is 8.99. The van der Waals surface area contributed by atoms with Crippen molar-refractivity contribution < 1.29 is 14.2 Å². The fourth-order valence-corrected chi connectivity index (χ4v) is 2.53. The number of guanidine groups is 1. The van der Waals surface area contributed by atoms with Gasteiger partial charge >= 0.3 is 0 Å². The standard InChI is InChI=1S/C21H29N3O3/c1-16-9-10-17(13-20(16)26-4)15-23-21(22-2)24-18-7-5-8-19(14-18)27-12-6-11-25-3/h5,7-10,13-14H,6,11-12,15H2,1-4H3,(H2,22,23,24). The minimum Gasteiger partial charge on any atom is -0.496 e. The number of ether oxygens (including phenoxy) is 3. The Balaban J connectivity index is 1.91. The van der Waals surface area contributed by atoms with Crippen molar-refractivity contribution in [3.63, 3.8) is 0 Å². The van der Waals surface area contributed by atoms with Crippen LogP contribution in [0.3, 0.4) is 0 Å². The molecule has 2 aromatic carbocycles. The molecule has 2 rings (SSSR count). The third kappa shape index (κ3) is 6.83. The fraction of sp³-hybridized carbons (Fsp3) is 0.381. The van der Waals surface area contributed by atoms with Gasteiger partial charge in [-0.3, -0.25) is 4.99 Å². The smallest absolute Gasteiger partial charge is 0.195 e. The zero-order valence-electron chi connectivity index (χ0n) is 16.5. The molecule has 6 heteroatoms. The van der Waals surface area contributed by atoms with Crippen molar-refractivity contribution in [2.45, 2.75) is 19.9 Å². The number of aryl methyl sites for hydroxylation is 1. The first-order valence-electron chi connectivity index (χ1n) is 8.99. The van der Waals surface area contributed by atoms with Crippen molar-refractivity contribution >= 4 is 11.6 Å². The Labute approximate surface area is 161 Å². The predicted molar refractivity (Wildman–Crippen MR) is 110 cm³/mol. The summed E-state index contributed by atoms with van der Waals surface area (Å²) in [5.74, 6) is 2.39. The normalized spacial score (nSPS) is 11.2. The summed E-state index contributed by atoms with van der Waals surface area (Å²) >= 11 is 0. The molecule has 0 bridgehead atoms. The topological polar surface area (TPSA) is 64.1 Å². The second-order valence-electron chi connectivity index (χ2n) is 6.08. The molecule has 0 fully saturated rings. The van der Waals surface area contributed by atoms with Gasteiger partial charge in [-0.25, -0.2) is 0 Å². The maximum atomic E-state index is 5.74. The molecule has 2 N–H and O–H groups in total. The third-order valence-corrected chi connectivity index (χ3v) is 4.01. The number of benzene rings is 2. The molecule has 0 amide bonds. The molecule has 0 saturated heterocycles. The number of hydrogen-bond donors (Lipinski definition) is 2. The van der Waals surface area contributed by atoms with Gasteiger partial charge in [0.25, 0.3) is 0 Å². The lowest BCUT2D eigenvalue weighted by Gasteiger charge is -2.14. The molecule has 0 aliphatic carbocycles. The van der Waals surface area contributed by atoms with Crippen LogP contribution in [0.15, 0.2) is 47.5 Å². The first-order chi connectivity index (χ1) is 13.2. The van der Waals surface area contributed by atoms with Crippen LogP contribution in [0.25, 0.3) is 0 Å². The molecular weight excluding hydrogens is 342 g/mol. The van der Waals surface area contributed by atoms with Crippen LogP contribution in [0.4, 0.5) is 5.69 Å². The second kappa shape index (κ2) is 11.1. The highest BCUT2D eigenvalue weighted by molar-refractivity contribution is 5.93. The van der Waals surface area contributed by atoms with Crippen LogP contribution in [-0.2, 0) is 11.3 Å². The van der Waals surface area contributed by atoms with Crippen LogP contribution < -0.4 is 20.1 Å². The van der Waals surface area contributed by atoms with Crippen LogP contribution in [-0.4, -0.2) is 40.4 Å². The van der Waals surface area contributed by atoms with Gasteiger partial charge < -0.3 is 24.8 Å². The molecule has 27 heavy (non-hydrogen) atoms. The average Bonchev–Trinajstić information content (AvgIpc) is 2.69. The van der Waals surface area contributed by atoms with Crippen molar-refractivity contribution in [2.24, 2.45) is 4.99 Å². The minimum atomic E-state index is 0.625. The van der Waals surface area contributed by atoms with E-state index < -0.39 is 0 Å². The van der Waals surface area contributed by atoms with Crippen LogP contribution in [0.2, 0.25) is 0 Å². The summed E-state index contributed by atoms with van der Waals surface area (Å²) in [5.41, 5.74) is 3.15. The van der Waals surface area contributed by atoms with Crippen LogP contribution >= 0.6 is 0 Å². The molecule has 0 unspecified atom stereocenters. The molecule has 0 radical (unpaired) electrons. The lowest BCUT2D eigenvalue weighted by molar-refractivity contribution is 0.172. The highest BCUT2D eigenvalue weighted by Gasteiger charge is 2.04. The number of nitrogens with zero attached hydrogens (tertiary/aromatic N) is 1. The quantitative estimate of drug-likeness (QED) is 0.401. The molecular formula is C21H29N3O3. The van der Waals surface area contributed by atoms with Gasteiger partial charge in [0.15, 0.2) is 5.96 Å². The van der Waals surface area contributed by atoms with E-state index in [9.17, 15) is 0 Å². The van der Waals surface area contributed by atoms with Gasteiger partial charge in [0.1, 0.15) is 11.5 Å². The first kappa shape index (κ1) is 20.6. The Morgan fingerprint density at radius 1 is 1.07 bits per heavy atom. The van der Waals surface area contributed by atoms with E-state index in [4.69, 9.17) is 14.2 Å². The summed E-state index contributed by atoms with van der Waals surface area (Å²) in [4.78, 5) is 4.28. The van der Waals surface area contributed by atoms with Crippen molar-refractivity contribution in [2.75, 3.05) is 39.8 Å². The van der Waals surface area contributed by atoms with E-state index in [-0.39, 0.29) is 0 Å². The van der Waals surface area contributed by atoms with Crippen LogP contribution in [0.1, 0.15) is 17.5 Å². The highest BCUT2D eigenvalue weighted by Crippen LogP contribution is 2.19. The maximum absolute atomic E-state index is 5.74. The van der Waals surface area contributed by atoms with Crippen LogP contribution in [0, 0.1) is 6.92 Å². The van der Waals surface area contributed by atoms with E-state index >= 15 is 0 Å². The average molecular weight is 371 g/mol. The summed E-state index contributed by atoms with van der Waals surface area (Å²) in [7, 11) is 5.12. The summed E-state index contributed by atoms with van der Waals surface area (Å²) in [6, 6.07) is 14.0. The number of nitrogens with one attached hydrogen (secondary N) is 2. The predicted octanol–water partition coefficient (Wildman–Crippen LogP) is 3.61. The maximum Gasteiger partial charge on any atom is 0.195 e. The van der Waals surface area contributed by atoms with E-state index in [1.807, 2.05) is 37.3 Å². The Morgan fingerprint density at radius 3 is 2.67 bits per heavy atom. The van der Waals surface area contributed by atoms with Gasteiger partial charge in [-0.05, 0) is 36.2 Å². The SMILES string of the molecule is CN=C(NCc1ccc(C)c(OC)c1)Nc1cccc(OCCCOC)c1. The molecule has 0 atom stereocenters. The highest BCUT2D eigenvalue weighted by atomic mass is 16.5. The van der Waals surface area contributed by atoms with E-state index in [2.05, 4.69) is 27.8 Å². The third-order valence-electron chi connectivity index (χ3n) is 4.01. The summed E-state index contributed by atoms with van der Waals surface area (Å²) < 4.78 is 16.1. The largest absolute Gasteiger partial charge is 0.496 e. The molecule has 0 heterocycles. The number of aliphatic imine (C=N–C) groups is 1. The summed E-state index contributed by atoms with van der Waals surface area (Å²) in [6.45, 7) is 3.99. The summed E-state index contributed by atoms with van der Waals surface area (Å²) in [6.07, 6.45) is 0.859. The van der Waals surface area contributed by atoms with E-state index in [0.717, 1.165) is 34.7 Å². The lowest BCUT2D eigenvalue weighted by atomic mass is 10.1. The minimum absolute atomic E-state index is 0.625. The Morgan fingerprint density at radius 2 is 1.93 bits per heavy atom. The molecule has 0 saturated carbocycles. The van der Waals surface area contributed by atoms with Crippen molar-refractivity contribution in [3.05, 3.63) is 53.6 Å². The lowest BCUT2D eigenvalue weighted by Crippen LogP contribution is -2.30. The zero-order valence-corrected chi connectivity index (χ0v) is 16.5. The second-order valence-corrected chi connectivity index (χ2v) is 6.08.